The molecular weight excluding hydrogens is 649 g/mol. The van der Waals surface area contributed by atoms with Gasteiger partial charge < -0.3 is 13.7 Å². The van der Waals surface area contributed by atoms with E-state index in [1.165, 1.54) is 22.3 Å². The zero-order valence-corrected chi connectivity index (χ0v) is 28.7. The third-order valence-electron chi connectivity index (χ3n) is 9.92. The number of aromatic nitrogens is 1. The molecule has 0 bridgehead atoms. The van der Waals surface area contributed by atoms with Gasteiger partial charge in [0.25, 0.3) is 0 Å². The molecule has 10 rings (SSSR count). The van der Waals surface area contributed by atoms with Gasteiger partial charge in [0, 0.05) is 34.1 Å². The van der Waals surface area contributed by atoms with Gasteiger partial charge in [0.05, 0.1) is 5.39 Å². The van der Waals surface area contributed by atoms with E-state index >= 15 is 0 Å². The van der Waals surface area contributed by atoms with E-state index in [9.17, 15) is 0 Å². The molecule has 250 valence electrons. The summed E-state index contributed by atoms with van der Waals surface area (Å²) in [5, 5.41) is 1.91. The van der Waals surface area contributed by atoms with E-state index < -0.39 is 0 Å². The smallest absolute Gasteiger partial charge is 0.227 e. The fourth-order valence-corrected chi connectivity index (χ4v) is 7.27. The molecule has 0 aliphatic carbocycles. The monoisotopic (exact) mass is 680 g/mol. The Morgan fingerprint density at radius 1 is 0.358 bits per heavy atom. The van der Waals surface area contributed by atoms with Crippen LogP contribution in [0, 0.1) is 0 Å². The summed E-state index contributed by atoms with van der Waals surface area (Å²) in [6, 6.07) is 67.6. The maximum Gasteiger partial charge on any atom is 0.227 e. The molecule has 0 radical (unpaired) electrons. The van der Waals surface area contributed by atoms with Gasteiger partial charge in [-0.25, -0.2) is 4.98 Å². The van der Waals surface area contributed by atoms with Crippen LogP contribution in [-0.2, 0) is 0 Å². The fourth-order valence-electron chi connectivity index (χ4n) is 7.27. The Kier molecular flexibility index (Phi) is 7.43. The Morgan fingerprint density at radius 2 is 0.887 bits per heavy atom. The number of furan rings is 1. The zero-order chi connectivity index (χ0) is 35.1. The first kappa shape index (κ1) is 30.6. The number of benzene rings is 8. The third-order valence-corrected chi connectivity index (χ3v) is 9.92. The van der Waals surface area contributed by atoms with Crippen molar-refractivity contribution < 1.29 is 8.83 Å². The van der Waals surface area contributed by atoms with Gasteiger partial charge in [-0.1, -0.05) is 127 Å². The summed E-state index contributed by atoms with van der Waals surface area (Å²) in [4.78, 5) is 7.10. The largest absolute Gasteiger partial charge is 0.456 e. The van der Waals surface area contributed by atoms with Crippen LogP contribution in [0.4, 0.5) is 17.1 Å². The van der Waals surface area contributed by atoms with Gasteiger partial charge in [-0.2, -0.15) is 0 Å². The van der Waals surface area contributed by atoms with Crippen molar-refractivity contribution in [2.24, 2.45) is 0 Å². The first-order valence-electron chi connectivity index (χ1n) is 17.8. The van der Waals surface area contributed by atoms with Crippen molar-refractivity contribution >= 4 is 50.1 Å². The van der Waals surface area contributed by atoms with Crippen LogP contribution in [0.2, 0.25) is 0 Å². The number of hydrogen-bond acceptors (Lipinski definition) is 4. The Morgan fingerprint density at radius 3 is 1.55 bits per heavy atom. The van der Waals surface area contributed by atoms with Crippen molar-refractivity contribution in [3.05, 3.63) is 194 Å². The molecule has 2 heterocycles. The van der Waals surface area contributed by atoms with E-state index in [-0.39, 0.29) is 0 Å². The summed E-state index contributed by atoms with van der Waals surface area (Å²) >= 11 is 0. The second-order valence-electron chi connectivity index (χ2n) is 13.2. The summed E-state index contributed by atoms with van der Waals surface area (Å²) < 4.78 is 12.9. The van der Waals surface area contributed by atoms with Crippen LogP contribution in [-0.4, -0.2) is 4.98 Å². The zero-order valence-electron chi connectivity index (χ0n) is 28.7. The van der Waals surface area contributed by atoms with E-state index in [1.807, 2.05) is 54.6 Å². The Bertz CT molecular complexity index is 2860. The van der Waals surface area contributed by atoms with Crippen LogP contribution in [0.15, 0.2) is 203 Å². The summed E-state index contributed by atoms with van der Waals surface area (Å²) in [7, 11) is 0. The van der Waals surface area contributed by atoms with Crippen molar-refractivity contribution in [1.82, 2.24) is 4.98 Å². The highest BCUT2D eigenvalue weighted by Crippen LogP contribution is 2.42. The minimum atomic E-state index is 0.596. The number of fused-ring (bicyclic) bond motifs is 5. The molecule has 0 atom stereocenters. The van der Waals surface area contributed by atoms with Crippen molar-refractivity contribution in [3.63, 3.8) is 0 Å². The first-order valence-corrected chi connectivity index (χ1v) is 17.8. The quantitative estimate of drug-likeness (QED) is 0.168. The Balaban J connectivity index is 1.07. The van der Waals surface area contributed by atoms with Crippen molar-refractivity contribution in [1.29, 1.82) is 0 Å². The van der Waals surface area contributed by atoms with Crippen LogP contribution in [0.25, 0.3) is 77.9 Å². The highest BCUT2D eigenvalue weighted by atomic mass is 16.4. The summed E-state index contributed by atoms with van der Waals surface area (Å²) in [5.41, 5.74) is 14.2. The first-order chi connectivity index (χ1) is 26.2. The van der Waals surface area contributed by atoms with Crippen LogP contribution in [0.3, 0.4) is 0 Å². The molecule has 0 aliphatic heterocycles. The number of nitrogens with zero attached hydrogens (tertiary/aromatic N) is 2. The van der Waals surface area contributed by atoms with Crippen LogP contribution in [0.5, 0.6) is 0 Å². The van der Waals surface area contributed by atoms with Gasteiger partial charge in [-0.05, 0) is 94.0 Å². The standard InChI is InChI=1S/C49H32N2O2/c1-4-11-33(12-5-1)35-19-21-36(22-20-35)37-23-25-40(26-24-37)51(41-18-10-17-39(31-41)34-13-6-2-7-14-34)42-27-28-43-46(32-42)52-45-30-29-44-48(47(43)45)53-49(50-44)38-15-8-3-9-16-38/h1-32H. The van der Waals surface area contributed by atoms with Crippen LogP contribution < -0.4 is 4.90 Å². The fraction of sp³-hybridized carbons (Fsp3) is 0. The Labute approximate surface area is 306 Å². The molecular formula is C49H32N2O2. The number of hydrogen-bond donors (Lipinski definition) is 0. The molecule has 10 aromatic rings. The lowest BCUT2D eigenvalue weighted by Gasteiger charge is -2.26. The average molecular weight is 681 g/mol. The highest BCUT2D eigenvalue weighted by molar-refractivity contribution is 6.17. The molecule has 0 saturated carbocycles. The molecule has 2 aromatic heterocycles. The molecule has 0 saturated heterocycles. The lowest BCUT2D eigenvalue weighted by Crippen LogP contribution is -2.10. The average Bonchev–Trinajstić information content (AvgIpc) is 3.84. The normalized spacial score (nSPS) is 11.4. The van der Waals surface area contributed by atoms with Gasteiger partial charge in [0.1, 0.15) is 16.7 Å². The van der Waals surface area contributed by atoms with Crippen molar-refractivity contribution in [3.8, 4) is 44.8 Å². The van der Waals surface area contributed by atoms with E-state index in [0.717, 1.165) is 66.8 Å². The molecule has 8 aromatic carbocycles. The van der Waals surface area contributed by atoms with Gasteiger partial charge in [0.15, 0.2) is 5.58 Å². The molecule has 0 amide bonds. The minimum Gasteiger partial charge on any atom is -0.456 e. The van der Waals surface area contributed by atoms with Gasteiger partial charge >= 0.3 is 0 Å². The van der Waals surface area contributed by atoms with E-state index in [4.69, 9.17) is 13.8 Å². The minimum absolute atomic E-state index is 0.596. The summed E-state index contributed by atoms with van der Waals surface area (Å²) in [6.45, 7) is 0. The molecule has 0 unspecified atom stereocenters. The highest BCUT2D eigenvalue weighted by Gasteiger charge is 2.20. The summed E-state index contributed by atoms with van der Waals surface area (Å²) in [5.74, 6) is 0.596. The third kappa shape index (κ3) is 5.63. The SMILES string of the molecule is c1ccc(-c2ccc(-c3ccc(N(c4cccc(-c5ccccc5)c4)c4ccc5c(c4)oc4ccc6nc(-c7ccccc7)oc6c45)cc3)cc2)cc1. The van der Waals surface area contributed by atoms with Crippen molar-refractivity contribution in [2.75, 3.05) is 4.90 Å². The molecule has 53 heavy (non-hydrogen) atoms. The van der Waals surface area contributed by atoms with Crippen molar-refractivity contribution in [2.45, 2.75) is 0 Å². The maximum absolute atomic E-state index is 6.54. The number of rotatable bonds is 7. The number of oxazole rings is 1. The van der Waals surface area contributed by atoms with Gasteiger partial charge in [0.2, 0.25) is 5.89 Å². The molecule has 0 aliphatic rings. The lowest BCUT2D eigenvalue weighted by molar-refractivity contribution is 0.622. The van der Waals surface area contributed by atoms with E-state index in [1.54, 1.807) is 0 Å². The molecule has 0 N–H and O–H groups in total. The second kappa shape index (κ2) is 12.9. The molecule has 0 fully saturated rings. The predicted octanol–water partition coefficient (Wildman–Crippen LogP) is 13.9. The van der Waals surface area contributed by atoms with Crippen LogP contribution in [0.1, 0.15) is 0 Å². The summed E-state index contributed by atoms with van der Waals surface area (Å²) in [6.07, 6.45) is 0. The molecule has 0 spiro atoms. The maximum atomic E-state index is 6.54. The Hall–Kier alpha value is -7.17. The molecule has 4 heteroatoms. The van der Waals surface area contributed by atoms with Gasteiger partial charge in [-0.3, -0.25) is 0 Å². The van der Waals surface area contributed by atoms with Gasteiger partial charge in [-0.15, -0.1) is 0 Å². The molecule has 4 nitrogen and oxygen atoms in total. The predicted molar refractivity (Wildman–Crippen MR) is 218 cm³/mol. The lowest BCUT2D eigenvalue weighted by atomic mass is 10.00. The van der Waals surface area contributed by atoms with Crippen LogP contribution >= 0.6 is 0 Å². The topological polar surface area (TPSA) is 42.4 Å². The number of anilines is 3. The van der Waals surface area contributed by atoms with E-state index in [0.29, 0.717) is 5.89 Å². The van der Waals surface area contributed by atoms with E-state index in [2.05, 4.69) is 144 Å². The second-order valence-corrected chi connectivity index (χ2v) is 13.2.